The van der Waals surface area contributed by atoms with E-state index in [1.807, 2.05) is 12.1 Å². The summed E-state index contributed by atoms with van der Waals surface area (Å²) < 4.78 is 0.932. The minimum absolute atomic E-state index is 0.201. The molecule has 0 aromatic heterocycles. The van der Waals surface area contributed by atoms with Crippen molar-refractivity contribution >= 4 is 33.4 Å². The molecule has 20 heavy (non-hydrogen) atoms. The highest BCUT2D eigenvalue weighted by atomic mass is 79.9. The summed E-state index contributed by atoms with van der Waals surface area (Å²) in [6.45, 7) is 0. The predicted molar refractivity (Wildman–Crippen MR) is 82.4 cm³/mol. The van der Waals surface area contributed by atoms with Gasteiger partial charge in [0.1, 0.15) is 0 Å². The molecule has 1 saturated carbocycles. The molecule has 0 aliphatic heterocycles. The van der Waals surface area contributed by atoms with E-state index in [4.69, 9.17) is 0 Å². The van der Waals surface area contributed by atoms with Crippen LogP contribution in [0.2, 0.25) is 0 Å². The van der Waals surface area contributed by atoms with Crippen molar-refractivity contribution in [2.75, 3.05) is 12.4 Å². The number of nitrogens with one attached hydrogen (secondary N) is 1. The number of hydrogen-bond acceptors (Lipinski definition) is 2. The Bertz CT molecular complexity index is 481. The number of amides is 2. The molecule has 0 atom stereocenters. The molecular weight excluding hydrogens is 320 g/mol. The quantitative estimate of drug-likeness (QED) is 0.842. The molecule has 108 valence electrons. The molecule has 1 N–H and O–H groups in total. The number of nitrogens with zero attached hydrogens (tertiary/aromatic N) is 1. The topological polar surface area (TPSA) is 49.4 Å². The second-order valence-corrected chi connectivity index (χ2v) is 6.08. The zero-order chi connectivity index (χ0) is 14.5. The highest BCUT2D eigenvalue weighted by Gasteiger charge is 2.26. The summed E-state index contributed by atoms with van der Waals surface area (Å²) in [6, 6.07) is 7.37. The summed E-state index contributed by atoms with van der Waals surface area (Å²) in [5.74, 6) is -1.03. The number of halogens is 1. The molecule has 5 heteroatoms. The van der Waals surface area contributed by atoms with Gasteiger partial charge in [-0.2, -0.15) is 0 Å². The maximum absolute atomic E-state index is 12.1. The van der Waals surface area contributed by atoms with Gasteiger partial charge in [-0.05, 0) is 37.1 Å². The summed E-state index contributed by atoms with van der Waals surface area (Å²) >= 11 is 3.33. The van der Waals surface area contributed by atoms with Crippen molar-refractivity contribution in [3.8, 4) is 0 Å². The van der Waals surface area contributed by atoms with Crippen LogP contribution in [0.5, 0.6) is 0 Å². The Kier molecular flexibility index (Phi) is 5.17. The Morgan fingerprint density at radius 1 is 1.15 bits per heavy atom. The molecular formula is C15H19BrN2O2. The van der Waals surface area contributed by atoms with Crippen molar-refractivity contribution in [2.45, 2.75) is 38.1 Å². The minimum Gasteiger partial charge on any atom is -0.335 e. The summed E-state index contributed by atoms with van der Waals surface area (Å²) in [4.78, 5) is 25.7. The van der Waals surface area contributed by atoms with E-state index in [9.17, 15) is 9.59 Å². The molecule has 4 nitrogen and oxygen atoms in total. The lowest BCUT2D eigenvalue weighted by atomic mass is 9.94. The van der Waals surface area contributed by atoms with Gasteiger partial charge in [-0.1, -0.05) is 35.2 Å². The third-order valence-electron chi connectivity index (χ3n) is 3.74. The highest BCUT2D eigenvalue weighted by molar-refractivity contribution is 9.10. The lowest BCUT2D eigenvalue weighted by Gasteiger charge is -2.30. The van der Waals surface area contributed by atoms with Crippen LogP contribution in [-0.2, 0) is 9.59 Å². The Morgan fingerprint density at radius 2 is 1.75 bits per heavy atom. The van der Waals surface area contributed by atoms with Gasteiger partial charge in [-0.15, -0.1) is 0 Å². The molecule has 0 spiro atoms. The summed E-state index contributed by atoms with van der Waals surface area (Å²) in [6.07, 6.45) is 5.48. The summed E-state index contributed by atoms with van der Waals surface area (Å²) in [5, 5.41) is 2.64. The Labute approximate surface area is 127 Å². The zero-order valence-corrected chi connectivity index (χ0v) is 13.1. The standard InChI is InChI=1S/C15H19BrN2O2/c1-18(13-5-3-2-4-6-13)15(20)14(19)17-12-9-7-11(16)8-10-12/h7-10,13H,2-6H2,1H3,(H,17,19). The number of carbonyl (C=O) groups excluding carboxylic acids is 2. The Balaban J connectivity index is 1.93. The fourth-order valence-electron chi connectivity index (χ4n) is 2.51. The van der Waals surface area contributed by atoms with Crippen molar-refractivity contribution in [3.63, 3.8) is 0 Å². The van der Waals surface area contributed by atoms with Crippen molar-refractivity contribution < 1.29 is 9.59 Å². The van der Waals surface area contributed by atoms with Crippen LogP contribution in [0, 0.1) is 0 Å². The van der Waals surface area contributed by atoms with Crippen LogP contribution in [0.3, 0.4) is 0 Å². The van der Waals surface area contributed by atoms with Gasteiger partial charge in [-0.3, -0.25) is 9.59 Å². The Hall–Kier alpha value is -1.36. The predicted octanol–water partition coefficient (Wildman–Crippen LogP) is 3.18. The fraction of sp³-hybridized carbons (Fsp3) is 0.467. The zero-order valence-electron chi connectivity index (χ0n) is 11.6. The smallest absolute Gasteiger partial charge is 0.313 e. The molecule has 0 bridgehead atoms. The number of likely N-dealkylation sites (N-methyl/N-ethyl adjacent to an activating group) is 1. The van der Waals surface area contributed by atoms with E-state index < -0.39 is 11.8 Å². The van der Waals surface area contributed by atoms with Crippen molar-refractivity contribution in [3.05, 3.63) is 28.7 Å². The van der Waals surface area contributed by atoms with E-state index in [0.717, 1.165) is 30.2 Å². The maximum Gasteiger partial charge on any atom is 0.313 e. The Morgan fingerprint density at radius 3 is 2.35 bits per heavy atom. The van der Waals surface area contributed by atoms with E-state index in [-0.39, 0.29) is 6.04 Å². The van der Waals surface area contributed by atoms with Gasteiger partial charge in [0.25, 0.3) is 0 Å². The van der Waals surface area contributed by atoms with Crippen LogP contribution in [-0.4, -0.2) is 29.8 Å². The molecule has 1 aromatic rings. The minimum atomic E-state index is -0.569. The molecule has 0 saturated heterocycles. The number of hydrogen-bond donors (Lipinski definition) is 1. The fourth-order valence-corrected chi connectivity index (χ4v) is 2.78. The SMILES string of the molecule is CN(C(=O)C(=O)Nc1ccc(Br)cc1)C1CCCCC1. The van der Waals surface area contributed by atoms with Gasteiger partial charge < -0.3 is 10.2 Å². The van der Waals surface area contributed by atoms with Crippen LogP contribution in [0.1, 0.15) is 32.1 Å². The van der Waals surface area contributed by atoms with Crippen molar-refractivity contribution in [1.29, 1.82) is 0 Å². The molecule has 0 heterocycles. The van der Waals surface area contributed by atoms with Crippen LogP contribution in [0.15, 0.2) is 28.7 Å². The summed E-state index contributed by atoms with van der Waals surface area (Å²) in [5.41, 5.74) is 0.628. The first-order valence-electron chi connectivity index (χ1n) is 6.91. The molecule has 1 fully saturated rings. The molecule has 0 unspecified atom stereocenters. The van der Waals surface area contributed by atoms with Gasteiger partial charge in [0.15, 0.2) is 0 Å². The van der Waals surface area contributed by atoms with Gasteiger partial charge >= 0.3 is 11.8 Å². The average molecular weight is 339 g/mol. The first-order chi connectivity index (χ1) is 9.58. The number of carbonyl (C=O) groups is 2. The van der Waals surface area contributed by atoms with Gasteiger partial charge in [0.2, 0.25) is 0 Å². The average Bonchev–Trinajstić information content (AvgIpc) is 2.49. The number of benzene rings is 1. The normalized spacial score (nSPS) is 15.7. The van der Waals surface area contributed by atoms with Gasteiger partial charge in [-0.25, -0.2) is 0 Å². The van der Waals surface area contributed by atoms with Crippen molar-refractivity contribution in [1.82, 2.24) is 4.90 Å². The van der Waals surface area contributed by atoms with Gasteiger partial charge in [0, 0.05) is 23.2 Å². The van der Waals surface area contributed by atoms with Crippen LogP contribution >= 0.6 is 15.9 Å². The first kappa shape index (κ1) is 15.0. The van der Waals surface area contributed by atoms with E-state index in [1.54, 1.807) is 24.1 Å². The highest BCUT2D eigenvalue weighted by Crippen LogP contribution is 2.22. The van der Waals surface area contributed by atoms with E-state index in [2.05, 4.69) is 21.2 Å². The van der Waals surface area contributed by atoms with Crippen molar-refractivity contribution in [2.24, 2.45) is 0 Å². The molecule has 2 amide bonds. The lowest BCUT2D eigenvalue weighted by molar-refractivity contribution is -0.144. The first-order valence-corrected chi connectivity index (χ1v) is 7.71. The largest absolute Gasteiger partial charge is 0.335 e. The second kappa shape index (κ2) is 6.88. The number of rotatable bonds is 2. The summed E-state index contributed by atoms with van der Waals surface area (Å²) in [7, 11) is 1.72. The molecule has 0 radical (unpaired) electrons. The van der Waals surface area contributed by atoms with Crippen LogP contribution in [0.4, 0.5) is 5.69 Å². The molecule has 1 aromatic carbocycles. The molecule has 1 aliphatic rings. The monoisotopic (exact) mass is 338 g/mol. The number of anilines is 1. The second-order valence-electron chi connectivity index (χ2n) is 5.17. The van der Waals surface area contributed by atoms with E-state index in [1.165, 1.54) is 6.42 Å². The molecule has 2 rings (SSSR count). The maximum atomic E-state index is 12.1. The lowest BCUT2D eigenvalue weighted by Crippen LogP contribution is -2.44. The van der Waals surface area contributed by atoms with E-state index >= 15 is 0 Å². The van der Waals surface area contributed by atoms with Crippen LogP contribution < -0.4 is 5.32 Å². The van der Waals surface area contributed by atoms with Gasteiger partial charge in [0.05, 0.1) is 0 Å². The van der Waals surface area contributed by atoms with Crippen LogP contribution in [0.25, 0.3) is 0 Å². The van der Waals surface area contributed by atoms with E-state index in [0.29, 0.717) is 5.69 Å². The third kappa shape index (κ3) is 3.82. The molecule has 1 aliphatic carbocycles. The third-order valence-corrected chi connectivity index (χ3v) is 4.27.